The number of piperidine rings is 1. The second-order valence-electron chi connectivity index (χ2n) is 7.21. The lowest BCUT2D eigenvalue weighted by molar-refractivity contribution is -0.149. The predicted octanol–water partition coefficient (Wildman–Crippen LogP) is 2.86. The van der Waals surface area contributed by atoms with Gasteiger partial charge in [-0.2, -0.15) is 5.10 Å². The normalized spacial score (nSPS) is 18.7. The summed E-state index contributed by atoms with van der Waals surface area (Å²) in [7, 11) is 0. The Bertz CT molecular complexity index is 713. The van der Waals surface area contributed by atoms with Crippen LogP contribution in [-0.2, 0) is 4.79 Å². The Balaban J connectivity index is 1.84. The maximum Gasteiger partial charge on any atom is 0.253 e. The quantitative estimate of drug-likeness (QED) is 0.911. The van der Waals surface area contributed by atoms with Gasteiger partial charge in [0.25, 0.3) is 5.91 Å². The van der Waals surface area contributed by atoms with Crippen LogP contribution in [0.5, 0.6) is 0 Å². The third-order valence-corrected chi connectivity index (χ3v) is 4.67. The molecular formula is C19H25N3O2. The van der Waals surface area contributed by atoms with E-state index in [1.807, 2.05) is 6.20 Å². The number of hydrogen-bond donors (Lipinski definition) is 2. The molecule has 1 saturated heterocycles. The van der Waals surface area contributed by atoms with Crippen LogP contribution >= 0.6 is 0 Å². The second kappa shape index (κ2) is 6.40. The first-order chi connectivity index (χ1) is 11.4. The van der Waals surface area contributed by atoms with Gasteiger partial charge in [0.05, 0.1) is 6.20 Å². The number of hydrogen-bond acceptors (Lipinski definition) is 3. The zero-order chi connectivity index (χ0) is 17.3. The van der Waals surface area contributed by atoms with Crippen LogP contribution in [0.15, 0.2) is 30.5 Å². The van der Waals surface area contributed by atoms with E-state index in [0.717, 1.165) is 29.7 Å². The highest BCUT2D eigenvalue weighted by atomic mass is 16.3. The molecule has 1 aliphatic rings. The van der Waals surface area contributed by atoms with Gasteiger partial charge in [-0.05, 0) is 39.2 Å². The first-order valence-corrected chi connectivity index (χ1v) is 8.48. The van der Waals surface area contributed by atoms with E-state index >= 15 is 0 Å². The number of H-pyrrole nitrogens is 1. The first-order valence-electron chi connectivity index (χ1n) is 8.48. The van der Waals surface area contributed by atoms with Crippen molar-refractivity contribution >= 4 is 5.91 Å². The molecule has 1 amide bonds. The molecule has 128 valence electrons. The van der Waals surface area contributed by atoms with Crippen LogP contribution in [0.2, 0.25) is 0 Å². The highest BCUT2D eigenvalue weighted by molar-refractivity contribution is 5.84. The van der Waals surface area contributed by atoms with Crippen molar-refractivity contribution in [1.29, 1.82) is 0 Å². The Morgan fingerprint density at radius 2 is 2.04 bits per heavy atom. The number of aromatic amines is 1. The van der Waals surface area contributed by atoms with E-state index < -0.39 is 5.60 Å². The van der Waals surface area contributed by atoms with Crippen molar-refractivity contribution in [1.82, 2.24) is 15.1 Å². The minimum Gasteiger partial charge on any atom is -0.381 e. The number of nitrogens with zero attached hydrogens (tertiary/aromatic N) is 2. The highest BCUT2D eigenvalue weighted by Gasteiger charge is 2.34. The lowest BCUT2D eigenvalue weighted by atomic mass is 9.89. The number of likely N-dealkylation sites (tertiary alicyclic amines) is 1. The van der Waals surface area contributed by atoms with Crippen molar-refractivity contribution in [3.63, 3.8) is 0 Å². The van der Waals surface area contributed by atoms with Crippen LogP contribution < -0.4 is 0 Å². The van der Waals surface area contributed by atoms with E-state index in [9.17, 15) is 9.90 Å². The molecule has 0 radical (unpaired) electrons. The molecule has 2 N–H and O–H groups in total. The summed E-state index contributed by atoms with van der Waals surface area (Å²) in [5.41, 5.74) is 3.21. The number of carbonyl (C=O) groups is 1. The molecule has 2 heterocycles. The minimum absolute atomic E-state index is 0.205. The van der Waals surface area contributed by atoms with Gasteiger partial charge < -0.3 is 10.0 Å². The summed E-state index contributed by atoms with van der Waals surface area (Å²) < 4.78 is 0. The maximum atomic E-state index is 12.4. The molecule has 1 aromatic heterocycles. The molecule has 24 heavy (non-hydrogen) atoms. The number of nitrogens with one attached hydrogen (secondary N) is 1. The van der Waals surface area contributed by atoms with Crippen LogP contribution in [0.25, 0.3) is 11.1 Å². The highest BCUT2D eigenvalue weighted by Crippen LogP contribution is 2.33. The van der Waals surface area contributed by atoms with Crippen molar-refractivity contribution in [2.24, 2.45) is 0 Å². The molecule has 2 aromatic rings. The number of amides is 1. The van der Waals surface area contributed by atoms with Gasteiger partial charge in [0.1, 0.15) is 5.60 Å². The van der Waals surface area contributed by atoms with E-state index in [4.69, 9.17) is 0 Å². The number of aromatic nitrogens is 2. The molecule has 5 heteroatoms. The molecule has 1 atom stereocenters. The van der Waals surface area contributed by atoms with Crippen molar-refractivity contribution in [2.45, 2.75) is 45.1 Å². The smallest absolute Gasteiger partial charge is 0.253 e. The Kier molecular flexibility index (Phi) is 4.45. The molecular weight excluding hydrogens is 302 g/mol. The predicted molar refractivity (Wildman–Crippen MR) is 93.6 cm³/mol. The van der Waals surface area contributed by atoms with E-state index in [2.05, 4.69) is 41.4 Å². The third kappa shape index (κ3) is 3.36. The van der Waals surface area contributed by atoms with Crippen LogP contribution in [0, 0.1) is 6.92 Å². The van der Waals surface area contributed by atoms with E-state index in [1.165, 1.54) is 5.56 Å². The zero-order valence-electron chi connectivity index (χ0n) is 14.5. The van der Waals surface area contributed by atoms with Gasteiger partial charge in [-0.15, -0.1) is 0 Å². The largest absolute Gasteiger partial charge is 0.381 e. The lowest BCUT2D eigenvalue weighted by Gasteiger charge is -2.35. The van der Waals surface area contributed by atoms with Gasteiger partial charge in [-0.3, -0.25) is 9.89 Å². The van der Waals surface area contributed by atoms with Crippen molar-refractivity contribution in [3.05, 3.63) is 41.7 Å². The van der Waals surface area contributed by atoms with Crippen LogP contribution in [0.1, 0.15) is 43.9 Å². The molecule has 1 unspecified atom stereocenters. The number of rotatable bonds is 3. The summed E-state index contributed by atoms with van der Waals surface area (Å²) in [6.45, 7) is 6.48. The molecule has 1 aromatic carbocycles. The van der Waals surface area contributed by atoms with Crippen LogP contribution in [0.3, 0.4) is 0 Å². The lowest BCUT2D eigenvalue weighted by Crippen LogP contribution is -2.48. The monoisotopic (exact) mass is 327 g/mol. The number of aliphatic hydroxyl groups is 1. The number of benzene rings is 1. The fourth-order valence-corrected chi connectivity index (χ4v) is 3.35. The fraction of sp³-hybridized carbons (Fsp3) is 0.474. The van der Waals surface area contributed by atoms with E-state index in [1.54, 1.807) is 18.7 Å². The molecule has 1 aliphatic heterocycles. The molecule has 0 bridgehead atoms. The molecule has 0 saturated carbocycles. The Morgan fingerprint density at radius 3 is 2.71 bits per heavy atom. The standard InChI is InChI=1S/C19H25N3O2/c1-13-6-8-14(9-7-13)16-11-20-21-17(16)15-5-4-10-22(12-15)18(23)19(2,3)24/h6-9,11,15,24H,4-5,10,12H2,1-3H3,(H,20,21). The van der Waals surface area contributed by atoms with Crippen molar-refractivity contribution in [2.75, 3.05) is 13.1 Å². The van der Waals surface area contributed by atoms with Gasteiger partial charge in [-0.1, -0.05) is 29.8 Å². The minimum atomic E-state index is -1.32. The molecule has 5 nitrogen and oxygen atoms in total. The first kappa shape index (κ1) is 16.7. The molecule has 0 aliphatic carbocycles. The average molecular weight is 327 g/mol. The summed E-state index contributed by atoms with van der Waals surface area (Å²) in [5, 5.41) is 17.4. The second-order valence-corrected chi connectivity index (χ2v) is 7.21. The SMILES string of the molecule is Cc1ccc(-c2cn[nH]c2C2CCCN(C(=O)C(C)(C)O)C2)cc1. The van der Waals surface area contributed by atoms with Crippen LogP contribution in [-0.4, -0.2) is 44.8 Å². The van der Waals surface area contributed by atoms with E-state index in [-0.39, 0.29) is 11.8 Å². The Hall–Kier alpha value is -2.14. The fourth-order valence-electron chi connectivity index (χ4n) is 3.35. The van der Waals surface area contributed by atoms with Gasteiger partial charge >= 0.3 is 0 Å². The molecule has 0 spiro atoms. The van der Waals surface area contributed by atoms with E-state index in [0.29, 0.717) is 13.1 Å². The Labute approximate surface area is 142 Å². The molecule has 3 rings (SSSR count). The number of aryl methyl sites for hydroxylation is 1. The third-order valence-electron chi connectivity index (χ3n) is 4.67. The summed E-state index contributed by atoms with van der Waals surface area (Å²) in [5.74, 6) is 0.00690. The summed E-state index contributed by atoms with van der Waals surface area (Å²) in [6, 6.07) is 8.40. The van der Waals surface area contributed by atoms with Gasteiger partial charge in [0.2, 0.25) is 0 Å². The van der Waals surface area contributed by atoms with Crippen LogP contribution in [0.4, 0.5) is 0 Å². The summed E-state index contributed by atoms with van der Waals surface area (Å²) in [6.07, 6.45) is 3.80. The topological polar surface area (TPSA) is 69.2 Å². The molecule has 1 fully saturated rings. The number of carbonyl (C=O) groups excluding carboxylic acids is 1. The Morgan fingerprint density at radius 1 is 1.33 bits per heavy atom. The van der Waals surface area contributed by atoms with Gasteiger partial charge in [0, 0.05) is 30.3 Å². The summed E-state index contributed by atoms with van der Waals surface area (Å²) in [4.78, 5) is 14.1. The average Bonchev–Trinajstić information content (AvgIpc) is 3.04. The van der Waals surface area contributed by atoms with Crippen molar-refractivity contribution in [3.8, 4) is 11.1 Å². The maximum absolute atomic E-state index is 12.4. The van der Waals surface area contributed by atoms with Crippen molar-refractivity contribution < 1.29 is 9.90 Å². The summed E-state index contributed by atoms with van der Waals surface area (Å²) >= 11 is 0. The van der Waals surface area contributed by atoms with Gasteiger partial charge in [0.15, 0.2) is 0 Å². The zero-order valence-corrected chi connectivity index (χ0v) is 14.5. The van der Waals surface area contributed by atoms with Gasteiger partial charge in [-0.25, -0.2) is 0 Å².